The van der Waals surface area contributed by atoms with Crippen molar-refractivity contribution in [3.63, 3.8) is 0 Å². The summed E-state index contributed by atoms with van der Waals surface area (Å²) in [7, 11) is 0. The quantitative estimate of drug-likeness (QED) is 0.734. The molecule has 2 unspecified atom stereocenters. The molecule has 2 aliphatic rings. The summed E-state index contributed by atoms with van der Waals surface area (Å²) < 4.78 is 5.83. The molecule has 0 radical (unpaired) electrons. The van der Waals surface area contributed by atoms with Crippen molar-refractivity contribution in [2.45, 2.75) is 25.4 Å². The maximum absolute atomic E-state index is 8.70. The van der Waals surface area contributed by atoms with Gasteiger partial charge in [-0.05, 0) is 37.2 Å². The lowest BCUT2D eigenvalue weighted by molar-refractivity contribution is 0.194. The first-order chi connectivity index (χ1) is 7.35. The molecule has 0 aromatic carbocycles. The molecule has 3 heteroatoms. The fraction of sp³-hybridized carbons (Fsp3) is 0.500. The van der Waals surface area contributed by atoms with Gasteiger partial charge in [-0.1, -0.05) is 0 Å². The average molecular weight is 200 g/mol. The zero-order valence-electron chi connectivity index (χ0n) is 8.39. The van der Waals surface area contributed by atoms with E-state index in [9.17, 15) is 0 Å². The smallest absolute Gasteiger partial charge is 0.144 e. The van der Waals surface area contributed by atoms with Crippen molar-refractivity contribution in [2.75, 3.05) is 0 Å². The fourth-order valence-electron chi connectivity index (χ4n) is 2.49. The Balaban J connectivity index is 1.68. The molecule has 0 spiro atoms. The minimum absolute atomic E-state index is 0.364. The fourth-order valence-corrected chi connectivity index (χ4v) is 2.49. The Labute approximate surface area is 88.7 Å². The third-order valence-corrected chi connectivity index (χ3v) is 3.35. The van der Waals surface area contributed by atoms with Gasteiger partial charge in [0.25, 0.3) is 0 Å². The van der Waals surface area contributed by atoms with Crippen molar-refractivity contribution in [1.29, 1.82) is 5.26 Å². The summed E-state index contributed by atoms with van der Waals surface area (Å²) in [6.07, 6.45) is 5.77. The zero-order chi connectivity index (χ0) is 10.3. The largest absolute Gasteiger partial charge is 0.490 e. The number of pyridine rings is 1. The predicted molar refractivity (Wildman–Crippen MR) is 54.2 cm³/mol. The van der Waals surface area contributed by atoms with E-state index in [1.807, 2.05) is 12.1 Å². The number of nitrogens with zero attached hydrogens (tertiary/aromatic N) is 2. The van der Waals surface area contributed by atoms with Gasteiger partial charge in [0, 0.05) is 12.3 Å². The van der Waals surface area contributed by atoms with Gasteiger partial charge in [0.05, 0.1) is 6.10 Å². The Morgan fingerprint density at radius 3 is 2.87 bits per heavy atom. The number of hydrogen-bond acceptors (Lipinski definition) is 3. The van der Waals surface area contributed by atoms with Gasteiger partial charge >= 0.3 is 0 Å². The Kier molecular flexibility index (Phi) is 1.88. The average Bonchev–Trinajstić information content (AvgIpc) is 2.87. The van der Waals surface area contributed by atoms with Crippen LogP contribution in [-0.4, -0.2) is 11.1 Å². The van der Waals surface area contributed by atoms with Crippen LogP contribution >= 0.6 is 0 Å². The topological polar surface area (TPSA) is 45.9 Å². The second kappa shape index (κ2) is 3.23. The van der Waals surface area contributed by atoms with E-state index in [0.29, 0.717) is 11.8 Å². The molecule has 3 rings (SSSR count). The molecule has 0 saturated heterocycles. The summed E-state index contributed by atoms with van der Waals surface area (Å²) in [5, 5.41) is 8.70. The molecule has 2 fully saturated rings. The van der Waals surface area contributed by atoms with Gasteiger partial charge in [0.2, 0.25) is 0 Å². The lowest BCUT2D eigenvalue weighted by Crippen LogP contribution is -2.13. The summed E-state index contributed by atoms with van der Waals surface area (Å²) in [5.41, 5.74) is 0.427. The Morgan fingerprint density at radius 2 is 2.13 bits per heavy atom. The van der Waals surface area contributed by atoms with Crippen LogP contribution < -0.4 is 4.74 Å². The van der Waals surface area contributed by atoms with Crippen LogP contribution in [0.2, 0.25) is 0 Å². The van der Waals surface area contributed by atoms with Crippen molar-refractivity contribution in [1.82, 2.24) is 4.98 Å². The van der Waals surface area contributed by atoms with E-state index in [0.717, 1.165) is 17.6 Å². The van der Waals surface area contributed by atoms with Crippen molar-refractivity contribution < 1.29 is 4.74 Å². The Morgan fingerprint density at radius 1 is 1.33 bits per heavy atom. The minimum atomic E-state index is 0.364. The summed E-state index contributed by atoms with van der Waals surface area (Å²) in [6, 6.07) is 5.56. The molecule has 2 aliphatic carbocycles. The van der Waals surface area contributed by atoms with Gasteiger partial charge in [-0.25, -0.2) is 4.98 Å². The van der Waals surface area contributed by atoms with Crippen molar-refractivity contribution in [3.05, 3.63) is 24.0 Å². The van der Waals surface area contributed by atoms with Gasteiger partial charge in [0.1, 0.15) is 17.5 Å². The van der Waals surface area contributed by atoms with Crippen molar-refractivity contribution in [3.8, 4) is 11.8 Å². The molecule has 1 aromatic heterocycles. The number of nitriles is 1. The summed E-state index contributed by atoms with van der Waals surface area (Å²) in [5.74, 6) is 2.63. The maximum atomic E-state index is 8.70. The number of ether oxygens (including phenoxy) is 1. The number of aromatic nitrogens is 1. The standard InChI is InChI=1S/C12H12N2O/c13-7-10-6-11(1-2-14-10)15-12-4-8-3-9(8)5-12/h1-2,6,8-9,12H,3-5H2/t8-,9?,12?/m1/s1. The van der Waals surface area contributed by atoms with Crippen LogP contribution in [0.1, 0.15) is 25.0 Å². The van der Waals surface area contributed by atoms with Gasteiger partial charge in [-0.3, -0.25) is 0 Å². The summed E-state index contributed by atoms with van der Waals surface area (Å²) in [6.45, 7) is 0. The lowest BCUT2D eigenvalue weighted by atomic mass is 10.2. The normalized spacial score (nSPS) is 31.8. The van der Waals surface area contributed by atoms with Crippen LogP contribution in [0.3, 0.4) is 0 Å². The zero-order valence-corrected chi connectivity index (χ0v) is 8.39. The van der Waals surface area contributed by atoms with Crippen LogP contribution in [-0.2, 0) is 0 Å². The van der Waals surface area contributed by atoms with E-state index in [4.69, 9.17) is 10.00 Å². The molecule has 0 amide bonds. The first-order valence-electron chi connectivity index (χ1n) is 5.38. The van der Waals surface area contributed by atoms with Crippen LogP contribution in [0.4, 0.5) is 0 Å². The van der Waals surface area contributed by atoms with Crippen LogP contribution in [0.15, 0.2) is 18.3 Å². The van der Waals surface area contributed by atoms with E-state index in [1.54, 1.807) is 12.3 Å². The second-order valence-electron chi connectivity index (χ2n) is 4.46. The monoisotopic (exact) mass is 200 g/mol. The summed E-state index contributed by atoms with van der Waals surface area (Å²) >= 11 is 0. The molecule has 15 heavy (non-hydrogen) atoms. The van der Waals surface area contributed by atoms with Gasteiger partial charge in [-0.15, -0.1) is 0 Å². The van der Waals surface area contributed by atoms with Crippen LogP contribution in [0.5, 0.6) is 5.75 Å². The Hall–Kier alpha value is -1.56. The number of fused-ring (bicyclic) bond motifs is 1. The predicted octanol–water partition coefficient (Wildman–Crippen LogP) is 2.13. The molecule has 76 valence electrons. The molecule has 3 nitrogen and oxygen atoms in total. The first-order valence-corrected chi connectivity index (χ1v) is 5.38. The maximum Gasteiger partial charge on any atom is 0.144 e. The van der Waals surface area contributed by atoms with Crippen LogP contribution in [0, 0.1) is 23.2 Å². The molecule has 1 aromatic rings. The molecule has 2 saturated carbocycles. The molecule has 0 aliphatic heterocycles. The second-order valence-corrected chi connectivity index (χ2v) is 4.46. The number of hydrogen-bond donors (Lipinski definition) is 0. The van der Waals surface area contributed by atoms with E-state index >= 15 is 0 Å². The van der Waals surface area contributed by atoms with Crippen molar-refractivity contribution >= 4 is 0 Å². The van der Waals surface area contributed by atoms with Crippen molar-refractivity contribution in [2.24, 2.45) is 11.8 Å². The number of rotatable bonds is 2. The van der Waals surface area contributed by atoms with E-state index in [1.165, 1.54) is 19.3 Å². The summed E-state index contributed by atoms with van der Waals surface area (Å²) in [4.78, 5) is 3.92. The van der Waals surface area contributed by atoms with E-state index < -0.39 is 0 Å². The van der Waals surface area contributed by atoms with E-state index in [2.05, 4.69) is 4.98 Å². The van der Waals surface area contributed by atoms with Crippen LogP contribution in [0.25, 0.3) is 0 Å². The lowest BCUT2D eigenvalue weighted by Gasteiger charge is -2.14. The van der Waals surface area contributed by atoms with E-state index in [-0.39, 0.29) is 0 Å². The van der Waals surface area contributed by atoms with Gasteiger partial charge in [-0.2, -0.15) is 5.26 Å². The Bertz CT molecular complexity index is 414. The molecular weight excluding hydrogens is 188 g/mol. The minimum Gasteiger partial charge on any atom is -0.490 e. The third kappa shape index (κ3) is 1.68. The molecular formula is C12H12N2O. The highest BCUT2D eigenvalue weighted by Gasteiger charge is 2.46. The van der Waals surface area contributed by atoms with Gasteiger partial charge < -0.3 is 4.74 Å². The highest BCUT2D eigenvalue weighted by atomic mass is 16.5. The van der Waals surface area contributed by atoms with Gasteiger partial charge in [0.15, 0.2) is 0 Å². The molecule has 0 N–H and O–H groups in total. The first kappa shape index (κ1) is 8.72. The third-order valence-electron chi connectivity index (χ3n) is 3.35. The highest BCUT2D eigenvalue weighted by Crippen LogP contribution is 2.52. The highest BCUT2D eigenvalue weighted by molar-refractivity contribution is 5.30. The molecule has 3 atom stereocenters. The SMILES string of the molecule is N#Cc1cc(OC2CC3C[C@@H]3C2)ccn1. The molecule has 1 heterocycles. The molecule has 0 bridgehead atoms.